The quantitative estimate of drug-likeness (QED) is 0.688. The number of methoxy groups -OCH3 is 1. The van der Waals surface area contributed by atoms with E-state index in [1.165, 1.54) is 12.8 Å². The van der Waals surface area contributed by atoms with E-state index in [2.05, 4.69) is 13.8 Å². The van der Waals surface area contributed by atoms with Gasteiger partial charge < -0.3 is 4.74 Å². The number of carbonyl (C=O) groups is 1. The number of hydrogen-bond donors (Lipinski definition) is 0. The van der Waals surface area contributed by atoms with E-state index in [-0.39, 0.29) is 11.4 Å². The number of ether oxygens (including phenoxy) is 1. The normalized spacial score (nSPS) is 47.5. The topological polar surface area (TPSA) is 26.3 Å². The zero-order valence-electron chi connectivity index (χ0n) is 11.2. The first-order chi connectivity index (χ1) is 8.05. The first kappa shape index (κ1) is 11.6. The monoisotopic (exact) mass is 236 g/mol. The Morgan fingerprint density at radius 3 is 2.24 bits per heavy atom. The molecule has 0 aromatic heterocycles. The van der Waals surface area contributed by atoms with Crippen molar-refractivity contribution in [2.24, 2.45) is 35.0 Å². The minimum atomic E-state index is -0.0867. The Balaban J connectivity index is 1.89. The van der Waals surface area contributed by atoms with Gasteiger partial charge in [-0.15, -0.1) is 0 Å². The van der Waals surface area contributed by atoms with Crippen LogP contribution in [0.1, 0.15) is 46.0 Å². The van der Waals surface area contributed by atoms with E-state index in [1.807, 2.05) is 0 Å². The Bertz CT molecular complexity index is 318. The summed E-state index contributed by atoms with van der Waals surface area (Å²) in [6.45, 7) is 4.72. The van der Waals surface area contributed by atoms with Crippen LogP contribution in [-0.2, 0) is 9.53 Å². The summed E-state index contributed by atoms with van der Waals surface area (Å²) in [5, 5.41) is 0. The molecule has 0 aromatic rings. The third-order valence-corrected chi connectivity index (χ3v) is 5.73. The van der Waals surface area contributed by atoms with Crippen LogP contribution in [0, 0.1) is 35.0 Å². The molecule has 2 unspecified atom stereocenters. The Labute approximate surface area is 104 Å². The molecular formula is C15H24O2. The van der Waals surface area contributed by atoms with E-state index in [0.29, 0.717) is 0 Å². The second-order valence-corrected chi connectivity index (χ2v) is 7.06. The fraction of sp³-hybridized carbons (Fsp3) is 0.933. The van der Waals surface area contributed by atoms with Gasteiger partial charge in [-0.2, -0.15) is 0 Å². The summed E-state index contributed by atoms with van der Waals surface area (Å²) in [7, 11) is 1.56. The lowest BCUT2D eigenvalue weighted by atomic mass is 9.45. The number of rotatable bonds is 2. The molecule has 2 nitrogen and oxygen atoms in total. The van der Waals surface area contributed by atoms with Gasteiger partial charge in [-0.05, 0) is 61.7 Å². The fourth-order valence-corrected chi connectivity index (χ4v) is 5.62. The highest BCUT2D eigenvalue weighted by Gasteiger charge is 2.59. The minimum absolute atomic E-state index is 0.0825. The summed E-state index contributed by atoms with van der Waals surface area (Å²) in [5.41, 5.74) is -0.0867. The molecule has 4 rings (SSSR count). The van der Waals surface area contributed by atoms with Gasteiger partial charge >= 0.3 is 5.97 Å². The molecule has 4 bridgehead atoms. The smallest absolute Gasteiger partial charge is 0.311 e. The third kappa shape index (κ3) is 1.56. The molecule has 4 aliphatic rings. The maximum absolute atomic E-state index is 12.1. The maximum atomic E-state index is 12.1. The van der Waals surface area contributed by atoms with Gasteiger partial charge in [0.25, 0.3) is 0 Å². The van der Waals surface area contributed by atoms with E-state index < -0.39 is 0 Å². The van der Waals surface area contributed by atoms with Crippen molar-refractivity contribution in [2.75, 3.05) is 7.11 Å². The fourth-order valence-electron chi connectivity index (χ4n) is 5.62. The van der Waals surface area contributed by atoms with Gasteiger partial charge in [0.1, 0.15) is 0 Å². The van der Waals surface area contributed by atoms with Crippen LogP contribution in [0.15, 0.2) is 0 Å². The Morgan fingerprint density at radius 1 is 1.18 bits per heavy atom. The largest absolute Gasteiger partial charge is 0.469 e. The average Bonchev–Trinajstić information content (AvgIpc) is 2.25. The van der Waals surface area contributed by atoms with Crippen LogP contribution in [0.4, 0.5) is 0 Å². The van der Waals surface area contributed by atoms with Crippen LogP contribution in [0.25, 0.3) is 0 Å². The molecule has 2 atom stereocenters. The molecule has 0 N–H and O–H groups in total. The van der Waals surface area contributed by atoms with Gasteiger partial charge in [-0.25, -0.2) is 0 Å². The summed E-state index contributed by atoms with van der Waals surface area (Å²) in [5.74, 6) is 4.12. The third-order valence-electron chi connectivity index (χ3n) is 5.73. The van der Waals surface area contributed by atoms with Crippen molar-refractivity contribution in [2.45, 2.75) is 46.0 Å². The SMILES string of the molecule is COC(=O)C12CC3CC(C1)C(C(C)C)C(C3)C2. The first-order valence-corrected chi connectivity index (χ1v) is 7.14. The van der Waals surface area contributed by atoms with Crippen LogP contribution in [-0.4, -0.2) is 13.1 Å². The zero-order valence-corrected chi connectivity index (χ0v) is 11.2. The minimum Gasteiger partial charge on any atom is -0.469 e. The predicted molar refractivity (Wildman–Crippen MR) is 66.3 cm³/mol. The average molecular weight is 236 g/mol. The second kappa shape index (κ2) is 3.73. The van der Waals surface area contributed by atoms with Gasteiger partial charge in [0.05, 0.1) is 12.5 Å². The highest BCUT2D eigenvalue weighted by molar-refractivity contribution is 5.77. The van der Waals surface area contributed by atoms with Gasteiger partial charge in [-0.3, -0.25) is 4.79 Å². The molecule has 0 spiro atoms. The predicted octanol–water partition coefficient (Wildman–Crippen LogP) is 3.26. The maximum Gasteiger partial charge on any atom is 0.311 e. The molecule has 17 heavy (non-hydrogen) atoms. The van der Waals surface area contributed by atoms with Crippen molar-refractivity contribution in [3.8, 4) is 0 Å². The van der Waals surface area contributed by atoms with Gasteiger partial charge in [0, 0.05) is 0 Å². The molecule has 4 saturated carbocycles. The van der Waals surface area contributed by atoms with Crippen molar-refractivity contribution in [3.63, 3.8) is 0 Å². The number of carbonyl (C=O) groups excluding carboxylic acids is 1. The van der Waals surface area contributed by atoms with Crippen LogP contribution in [0.3, 0.4) is 0 Å². The Morgan fingerprint density at radius 2 is 1.76 bits per heavy atom. The van der Waals surface area contributed by atoms with E-state index in [1.54, 1.807) is 7.11 Å². The lowest BCUT2D eigenvalue weighted by Gasteiger charge is -2.59. The lowest BCUT2D eigenvalue weighted by Crippen LogP contribution is -2.55. The van der Waals surface area contributed by atoms with Gasteiger partial charge in [0.15, 0.2) is 0 Å². The molecule has 4 aliphatic carbocycles. The van der Waals surface area contributed by atoms with Crippen molar-refractivity contribution in [1.82, 2.24) is 0 Å². The standard InChI is InChI=1S/C15H24O2/c1-9(2)13-11-4-10-5-12(13)8-15(6-10,7-11)14(16)17-3/h9-13H,4-8H2,1-3H3. The highest BCUT2D eigenvalue weighted by Crippen LogP contribution is 2.63. The summed E-state index contributed by atoms with van der Waals surface area (Å²) >= 11 is 0. The van der Waals surface area contributed by atoms with Crippen molar-refractivity contribution in [3.05, 3.63) is 0 Å². The summed E-state index contributed by atoms with van der Waals surface area (Å²) in [6, 6.07) is 0. The van der Waals surface area contributed by atoms with Crippen LogP contribution >= 0.6 is 0 Å². The zero-order chi connectivity index (χ0) is 12.2. The molecule has 0 amide bonds. The second-order valence-electron chi connectivity index (χ2n) is 7.06. The summed E-state index contributed by atoms with van der Waals surface area (Å²) in [6.07, 6.45) is 6.07. The van der Waals surface area contributed by atoms with Crippen molar-refractivity contribution >= 4 is 5.97 Å². The first-order valence-electron chi connectivity index (χ1n) is 7.14. The number of hydrogen-bond acceptors (Lipinski definition) is 2. The van der Waals surface area contributed by atoms with Crippen molar-refractivity contribution < 1.29 is 9.53 Å². The van der Waals surface area contributed by atoms with Crippen LogP contribution < -0.4 is 0 Å². The lowest BCUT2D eigenvalue weighted by molar-refractivity contribution is -0.176. The summed E-state index contributed by atoms with van der Waals surface area (Å²) in [4.78, 5) is 12.1. The molecule has 96 valence electrons. The Kier molecular flexibility index (Phi) is 2.53. The van der Waals surface area contributed by atoms with Crippen LogP contribution in [0.5, 0.6) is 0 Å². The number of esters is 1. The molecule has 2 heteroatoms. The summed E-state index contributed by atoms with van der Waals surface area (Å²) < 4.78 is 5.09. The molecule has 0 heterocycles. The van der Waals surface area contributed by atoms with Gasteiger partial charge in [0.2, 0.25) is 0 Å². The van der Waals surface area contributed by atoms with E-state index in [0.717, 1.165) is 48.9 Å². The molecule has 0 radical (unpaired) electrons. The van der Waals surface area contributed by atoms with Gasteiger partial charge in [-0.1, -0.05) is 13.8 Å². The molecule has 0 aliphatic heterocycles. The molecule has 0 aromatic carbocycles. The van der Waals surface area contributed by atoms with Crippen LogP contribution in [0.2, 0.25) is 0 Å². The highest BCUT2D eigenvalue weighted by atomic mass is 16.5. The van der Waals surface area contributed by atoms with Crippen molar-refractivity contribution in [1.29, 1.82) is 0 Å². The molecular weight excluding hydrogens is 212 g/mol. The van der Waals surface area contributed by atoms with E-state index in [9.17, 15) is 4.79 Å². The van der Waals surface area contributed by atoms with E-state index >= 15 is 0 Å². The van der Waals surface area contributed by atoms with E-state index in [4.69, 9.17) is 4.74 Å². The molecule has 4 fully saturated rings. The molecule has 0 saturated heterocycles. The Hall–Kier alpha value is -0.530.